The van der Waals surface area contributed by atoms with Gasteiger partial charge in [0.1, 0.15) is 5.75 Å². The fraction of sp³-hybridized carbons (Fsp3) is 0. The molecule has 0 spiro atoms. The number of amides is 1. The third kappa shape index (κ3) is 3.07. The maximum Gasteiger partial charge on any atom is 0.271 e. The van der Waals surface area contributed by atoms with Crippen molar-refractivity contribution in [3.05, 3.63) is 77.4 Å². The lowest BCUT2D eigenvalue weighted by molar-refractivity contribution is 0.0954. The number of carbonyl (C=O) groups excluding carboxylic acids is 1. The van der Waals surface area contributed by atoms with Crippen LogP contribution in [0, 0.1) is 0 Å². The van der Waals surface area contributed by atoms with Crippen molar-refractivity contribution in [3.8, 4) is 17.0 Å². The zero-order valence-electron chi connectivity index (χ0n) is 13.5. The molecule has 1 amide bonds. The first-order valence-electron chi connectivity index (χ1n) is 7.86. The highest BCUT2D eigenvalue weighted by Gasteiger charge is 2.13. The van der Waals surface area contributed by atoms with Gasteiger partial charge >= 0.3 is 0 Å². The summed E-state index contributed by atoms with van der Waals surface area (Å²) in [5.74, 6) is -0.367. The van der Waals surface area contributed by atoms with Gasteiger partial charge in [-0.1, -0.05) is 36.4 Å². The lowest BCUT2D eigenvalue weighted by Gasteiger charge is -2.01. The Morgan fingerprint density at radius 2 is 2.04 bits per heavy atom. The van der Waals surface area contributed by atoms with E-state index < -0.39 is 5.91 Å². The number of imidazole rings is 1. The third-order valence-corrected chi connectivity index (χ3v) is 4.56. The van der Waals surface area contributed by atoms with E-state index in [4.69, 9.17) is 0 Å². The SMILES string of the molecule is O=C(N/N=C/c1c(-c2ccccc2)nc2sccn12)c1cccc(O)c1. The number of phenolic OH excluding ortho intramolecular Hbond substituents is 1. The van der Waals surface area contributed by atoms with Crippen molar-refractivity contribution >= 4 is 28.4 Å². The Morgan fingerprint density at radius 3 is 2.85 bits per heavy atom. The summed E-state index contributed by atoms with van der Waals surface area (Å²) in [6.07, 6.45) is 3.49. The molecular weight excluding hydrogens is 348 g/mol. The Hall–Kier alpha value is -3.45. The Bertz CT molecular complexity index is 1100. The molecule has 0 unspecified atom stereocenters. The van der Waals surface area contributed by atoms with Crippen LogP contribution >= 0.6 is 11.3 Å². The maximum atomic E-state index is 12.1. The normalized spacial score (nSPS) is 11.2. The minimum absolute atomic E-state index is 0.0313. The van der Waals surface area contributed by atoms with E-state index in [0.29, 0.717) is 5.56 Å². The quantitative estimate of drug-likeness (QED) is 0.430. The van der Waals surface area contributed by atoms with Crippen molar-refractivity contribution in [2.24, 2.45) is 5.10 Å². The first-order valence-corrected chi connectivity index (χ1v) is 8.74. The van der Waals surface area contributed by atoms with Gasteiger partial charge in [-0.05, 0) is 18.2 Å². The number of fused-ring (bicyclic) bond motifs is 1. The molecule has 4 aromatic rings. The molecule has 128 valence electrons. The highest BCUT2D eigenvalue weighted by molar-refractivity contribution is 7.15. The van der Waals surface area contributed by atoms with Gasteiger partial charge in [-0.2, -0.15) is 5.10 Å². The molecule has 0 saturated heterocycles. The number of phenols is 1. The Morgan fingerprint density at radius 1 is 1.19 bits per heavy atom. The van der Waals surface area contributed by atoms with Crippen molar-refractivity contribution in [2.75, 3.05) is 0 Å². The molecule has 0 radical (unpaired) electrons. The Kier molecular flexibility index (Phi) is 4.20. The molecule has 4 rings (SSSR count). The number of hydrogen-bond donors (Lipinski definition) is 2. The first kappa shape index (κ1) is 16.0. The van der Waals surface area contributed by atoms with E-state index in [0.717, 1.165) is 21.9 Å². The second-order valence-electron chi connectivity index (χ2n) is 5.52. The van der Waals surface area contributed by atoms with Crippen LogP contribution in [0.3, 0.4) is 0 Å². The molecule has 0 aliphatic heterocycles. The minimum atomic E-state index is -0.399. The van der Waals surface area contributed by atoms with Gasteiger partial charge < -0.3 is 5.11 Å². The topological polar surface area (TPSA) is 79.0 Å². The second kappa shape index (κ2) is 6.81. The van der Waals surface area contributed by atoms with Crippen molar-refractivity contribution in [1.82, 2.24) is 14.8 Å². The van der Waals surface area contributed by atoms with Gasteiger partial charge in [0.25, 0.3) is 5.91 Å². The van der Waals surface area contributed by atoms with E-state index in [9.17, 15) is 9.90 Å². The van der Waals surface area contributed by atoms with Crippen LogP contribution in [0.5, 0.6) is 5.75 Å². The van der Waals surface area contributed by atoms with Gasteiger partial charge in [-0.3, -0.25) is 9.20 Å². The molecule has 2 N–H and O–H groups in total. The van der Waals surface area contributed by atoms with Gasteiger partial charge in [0, 0.05) is 22.7 Å². The highest BCUT2D eigenvalue weighted by atomic mass is 32.1. The number of carbonyl (C=O) groups is 1. The number of nitrogens with one attached hydrogen (secondary N) is 1. The van der Waals surface area contributed by atoms with Crippen LogP contribution in [0.15, 0.2) is 71.3 Å². The van der Waals surface area contributed by atoms with E-state index in [-0.39, 0.29) is 5.75 Å². The molecule has 6 nitrogen and oxygen atoms in total. The van der Waals surface area contributed by atoms with Gasteiger partial charge in [0.15, 0.2) is 4.96 Å². The largest absolute Gasteiger partial charge is 0.508 e. The summed E-state index contributed by atoms with van der Waals surface area (Å²) < 4.78 is 1.93. The summed E-state index contributed by atoms with van der Waals surface area (Å²) in [5.41, 5.74) is 5.37. The number of thiazole rings is 1. The zero-order chi connectivity index (χ0) is 17.9. The molecule has 0 fully saturated rings. The van der Waals surface area contributed by atoms with Crippen LogP contribution < -0.4 is 5.43 Å². The summed E-state index contributed by atoms with van der Waals surface area (Å²) in [4.78, 5) is 17.6. The molecule has 26 heavy (non-hydrogen) atoms. The minimum Gasteiger partial charge on any atom is -0.508 e. The summed E-state index contributed by atoms with van der Waals surface area (Å²) in [5, 5.41) is 15.5. The number of benzene rings is 2. The number of nitrogens with zero attached hydrogens (tertiary/aromatic N) is 3. The summed E-state index contributed by atoms with van der Waals surface area (Å²) in [7, 11) is 0. The first-order chi connectivity index (χ1) is 12.7. The number of rotatable bonds is 4. The predicted molar refractivity (Wildman–Crippen MR) is 102 cm³/mol. The number of hydrogen-bond acceptors (Lipinski definition) is 5. The van der Waals surface area contributed by atoms with E-state index in [1.165, 1.54) is 23.5 Å². The lowest BCUT2D eigenvalue weighted by Crippen LogP contribution is -2.17. The smallest absolute Gasteiger partial charge is 0.271 e. The molecule has 2 aromatic heterocycles. The van der Waals surface area contributed by atoms with Crippen LogP contribution in [-0.4, -0.2) is 26.6 Å². The fourth-order valence-electron chi connectivity index (χ4n) is 2.60. The zero-order valence-corrected chi connectivity index (χ0v) is 14.4. The average Bonchev–Trinajstić information content (AvgIpc) is 3.24. The van der Waals surface area contributed by atoms with Gasteiger partial charge in [-0.15, -0.1) is 11.3 Å². The van der Waals surface area contributed by atoms with Crippen molar-refractivity contribution < 1.29 is 9.90 Å². The second-order valence-corrected chi connectivity index (χ2v) is 6.39. The predicted octanol–water partition coefficient (Wildman–Crippen LogP) is 3.53. The van der Waals surface area contributed by atoms with E-state index in [1.54, 1.807) is 18.3 Å². The maximum absolute atomic E-state index is 12.1. The van der Waals surface area contributed by atoms with Crippen molar-refractivity contribution in [2.45, 2.75) is 0 Å². The van der Waals surface area contributed by atoms with E-state index >= 15 is 0 Å². The number of hydrazone groups is 1. The molecule has 7 heteroatoms. The molecule has 0 saturated carbocycles. The van der Waals surface area contributed by atoms with Crippen LogP contribution in [-0.2, 0) is 0 Å². The monoisotopic (exact) mass is 362 g/mol. The Labute approximate surface area is 153 Å². The summed E-state index contributed by atoms with van der Waals surface area (Å²) in [6.45, 7) is 0. The third-order valence-electron chi connectivity index (χ3n) is 3.81. The van der Waals surface area contributed by atoms with Crippen LogP contribution in [0.2, 0.25) is 0 Å². The summed E-state index contributed by atoms with van der Waals surface area (Å²) in [6, 6.07) is 15.9. The van der Waals surface area contributed by atoms with Crippen molar-refractivity contribution in [3.63, 3.8) is 0 Å². The molecule has 2 heterocycles. The lowest BCUT2D eigenvalue weighted by atomic mass is 10.1. The van der Waals surface area contributed by atoms with Gasteiger partial charge in [0.2, 0.25) is 0 Å². The van der Waals surface area contributed by atoms with E-state index in [1.807, 2.05) is 46.3 Å². The Balaban J connectivity index is 1.63. The average molecular weight is 362 g/mol. The standard InChI is InChI=1S/C19H14N4O2S/c24-15-8-4-7-14(11-15)18(25)22-20-12-16-17(13-5-2-1-3-6-13)21-19-23(16)9-10-26-19/h1-12,24H,(H,22,25)/b20-12+. The van der Waals surface area contributed by atoms with Gasteiger partial charge in [0.05, 0.1) is 17.6 Å². The number of aromatic hydroxyl groups is 1. The van der Waals surface area contributed by atoms with Gasteiger partial charge in [-0.25, -0.2) is 10.4 Å². The number of aromatic nitrogens is 2. The molecule has 0 aliphatic carbocycles. The fourth-order valence-corrected chi connectivity index (χ4v) is 3.32. The highest BCUT2D eigenvalue weighted by Crippen LogP contribution is 2.25. The molecule has 0 aliphatic rings. The summed E-state index contributed by atoms with van der Waals surface area (Å²) >= 11 is 1.53. The molecule has 2 aromatic carbocycles. The molecule has 0 atom stereocenters. The molecular formula is C19H14N4O2S. The van der Waals surface area contributed by atoms with E-state index in [2.05, 4.69) is 15.5 Å². The molecule has 0 bridgehead atoms. The van der Waals surface area contributed by atoms with Crippen LogP contribution in [0.4, 0.5) is 0 Å². The van der Waals surface area contributed by atoms with Crippen LogP contribution in [0.1, 0.15) is 16.1 Å². The van der Waals surface area contributed by atoms with Crippen molar-refractivity contribution in [1.29, 1.82) is 0 Å². The van der Waals surface area contributed by atoms with Crippen LogP contribution in [0.25, 0.3) is 16.2 Å².